The third-order valence-electron chi connectivity index (χ3n) is 2.22. The van der Waals surface area contributed by atoms with E-state index in [1.807, 2.05) is 0 Å². The van der Waals surface area contributed by atoms with E-state index in [9.17, 15) is 22.8 Å². The number of carbonyl (C=O) groups excluding carboxylic acids is 1. The number of rotatable bonds is 5. The molecule has 1 aromatic heterocycles. The molecule has 19 heavy (non-hydrogen) atoms. The molecule has 0 radical (unpaired) electrons. The molecule has 8 heteroatoms. The first-order chi connectivity index (χ1) is 8.69. The molecule has 106 valence electrons. The lowest BCUT2D eigenvalue weighted by atomic mass is 10.1. The van der Waals surface area contributed by atoms with Crippen molar-refractivity contribution in [2.45, 2.75) is 32.0 Å². The number of nitrogens with one attached hydrogen (secondary N) is 1. The fourth-order valence-electron chi connectivity index (χ4n) is 1.52. The lowest BCUT2D eigenvalue weighted by Gasteiger charge is -2.15. The largest absolute Gasteiger partial charge is 0.481 e. The fraction of sp³-hybridized carbons (Fsp3) is 0.455. The number of amides is 1. The van der Waals surface area contributed by atoms with E-state index in [1.54, 1.807) is 0 Å². The lowest BCUT2D eigenvalue weighted by Crippen LogP contribution is -2.36. The van der Waals surface area contributed by atoms with Gasteiger partial charge in [0.15, 0.2) is 0 Å². The lowest BCUT2D eigenvalue weighted by molar-refractivity contribution is -0.138. The average Bonchev–Trinajstić information content (AvgIpc) is 2.61. The summed E-state index contributed by atoms with van der Waals surface area (Å²) in [5.74, 6) is -2.08. The summed E-state index contributed by atoms with van der Waals surface area (Å²) in [7, 11) is 0. The normalized spacial score (nSPS) is 13.1. The molecule has 0 saturated carbocycles. The predicted octanol–water partition coefficient (Wildman–Crippen LogP) is 1.98. The smallest absolute Gasteiger partial charge is 0.391 e. The number of furan rings is 1. The van der Waals surface area contributed by atoms with Gasteiger partial charge in [0.25, 0.3) is 5.91 Å². The second kappa shape index (κ2) is 5.77. The summed E-state index contributed by atoms with van der Waals surface area (Å²) in [4.78, 5) is 22.2. The summed E-state index contributed by atoms with van der Waals surface area (Å²) in [6.45, 7) is 1.21. The molecule has 5 nitrogen and oxygen atoms in total. The molecular formula is C11H12F3NO4. The van der Waals surface area contributed by atoms with Crippen molar-refractivity contribution in [2.75, 3.05) is 0 Å². The molecule has 0 spiro atoms. The van der Waals surface area contributed by atoms with Crippen LogP contribution in [0.25, 0.3) is 0 Å². The first kappa shape index (κ1) is 15.1. The Morgan fingerprint density at radius 2 is 2.11 bits per heavy atom. The molecule has 0 aromatic carbocycles. The minimum atomic E-state index is -4.38. The molecule has 1 atom stereocenters. The third kappa shape index (κ3) is 5.02. The highest BCUT2D eigenvalue weighted by Gasteiger charge is 2.31. The number of hydrogen-bond donors (Lipinski definition) is 2. The van der Waals surface area contributed by atoms with E-state index in [1.165, 1.54) is 13.0 Å². The topological polar surface area (TPSA) is 79.5 Å². The van der Waals surface area contributed by atoms with E-state index >= 15 is 0 Å². The van der Waals surface area contributed by atoms with E-state index in [-0.39, 0.29) is 11.3 Å². The van der Waals surface area contributed by atoms with Crippen molar-refractivity contribution in [3.8, 4) is 0 Å². The second-order valence-corrected chi connectivity index (χ2v) is 4.02. The van der Waals surface area contributed by atoms with Crippen molar-refractivity contribution in [3.63, 3.8) is 0 Å². The Bertz CT molecular complexity index is 467. The van der Waals surface area contributed by atoms with Crippen LogP contribution in [0.15, 0.2) is 16.7 Å². The molecule has 1 heterocycles. The number of carbonyl (C=O) groups is 2. The standard InChI is InChI=1S/C11H12F3NO4/c1-6(5-11(12,13)14)15-10(18)7-2-3-19-8(7)4-9(16)17/h2-3,6H,4-5H2,1H3,(H,15,18)(H,16,17). The molecule has 0 fully saturated rings. The van der Waals surface area contributed by atoms with Crippen molar-refractivity contribution < 1.29 is 32.3 Å². The monoisotopic (exact) mass is 279 g/mol. The predicted molar refractivity (Wildman–Crippen MR) is 57.6 cm³/mol. The minimum Gasteiger partial charge on any atom is -0.481 e. The zero-order valence-corrected chi connectivity index (χ0v) is 9.95. The summed E-state index contributed by atoms with van der Waals surface area (Å²) >= 11 is 0. The number of halogens is 3. The van der Waals surface area contributed by atoms with Gasteiger partial charge >= 0.3 is 12.1 Å². The van der Waals surface area contributed by atoms with Crippen LogP contribution in [-0.2, 0) is 11.2 Å². The first-order valence-electron chi connectivity index (χ1n) is 5.35. The maximum Gasteiger partial charge on any atom is 0.391 e. The van der Waals surface area contributed by atoms with Crippen LogP contribution in [0.1, 0.15) is 29.5 Å². The molecule has 0 bridgehead atoms. The number of carboxylic acid groups (broad SMARTS) is 1. The number of hydrogen-bond acceptors (Lipinski definition) is 3. The molecule has 1 aromatic rings. The quantitative estimate of drug-likeness (QED) is 0.863. The van der Waals surface area contributed by atoms with Crippen LogP contribution in [0.3, 0.4) is 0 Å². The Morgan fingerprint density at radius 1 is 1.47 bits per heavy atom. The van der Waals surface area contributed by atoms with Gasteiger partial charge in [0.2, 0.25) is 0 Å². The number of aliphatic carboxylic acids is 1. The van der Waals surface area contributed by atoms with E-state index in [2.05, 4.69) is 5.32 Å². The van der Waals surface area contributed by atoms with Gasteiger partial charge in [-0.25, -0.2) is 0 Å². The summed E-state index contributed by atoms with van der Waals surface area (Å²) in [5.41, 5.74) is -0.0728. The van der Waals surface area contributed by atoms with Crippen LogP contribution in [0.2, 0.25) is 0 Å². The SMILES string of the molecule is CC(CC(F)(F)F)NC(=O)c1ccoc1CC(=O)O. The van der Waals surface area contributed by atoms with Gasteiger partial charge in [0.1, 0.15) is 12.2 Å². The molecule has 2 N–H and O–H groups in total. The first-order valence-corrected chi connectivity index (χ1v) is 5.35. The molecule has 1 rings (SSSR count). The molecule has 0 aliphatic rings. The van der Waals surface area contributed by atoms with Gasteiger partial charge in [-0.05, 0) is 13.0 Å². The van der Waals surface area contributed by atoms with Gasteiger partial charge < -0.3 is 14.8 Å². The Morgan fingerprint density at radius 3 is 2.63 bits per heavy atom. The zero-order chi connectivity index (χ0) is 14.6. The van der Waals surface area contributed by atoms with Crippen molar-refractivity contribution >= 4 is 11.9 Å². The van der Waals surface area contributed by atoms with Crippen LogP contribution in [0.4, 0.5) is 13.2 Å². The molecule has 0 saturated heterocycles. The fourth-order valence-corrected chi connectivity index (χ4v) is 1.52. The summed E-state index contributed by atoms with van der Waals surface area (Å²) in [6.07, 6.45) is -4.94. The van der Waals surface area contributed by atoms with Crippen molar-refractivity contribution in [3.05, 3.63) is 23.7 Å². The summed E-state index contributed by atoms with van der Waals surface area (Å²) < 4.78 is 41.1. The van der Waals surface area contributed by atoms with Gasteiger partial charge in [-0.3, -0.25) is 9.59 Å². The van der Waals surface area contributed by atoms with Crippen LogP contribution in [-0.4, -0.2) is 29.2 Å². The molecule has 0 aliphatic carbocycles. The van der Waals surface area contributed by atoms with E-state index < -0.39 is 36.9 Å². The van der Waals surface area contributed by atoms with E-state index in [0.717, 1.165) is 6.26 Å². The molecular weight excluding hydrogens is 267 g/mol. The maximum atomic E-state index is 12.1. The second-order valence-electron chi connectivity index (χ2n) is 4.02. The van der Waals surface area contributed by atoms with Crippen molar-refractivity contribution in [1.82, 2.24) is 5.32 Å². The van der Waals surface area contributed by atoms with Gasteiger partial charge in [-0.2, -0.15) is 13.2 Å². The van der Waals surface area contributed by atoms with Gasteiger partial charge in [0.05, 0.1) is 18.2 Å². The van der Waals surface area contributed by atoms with Crippen LogP contribution < -0.4 is 5.32 Å². The third-order valence-corrected chi connectivity index (χ3v) is 2.22. The molecule has 1 amide bonds. The Hall–Kier alpha value is -1.99. The van der Waals surface area contributed by atoms with Crippen LogP contribution >= 0.6 is 0 Å². The Labute approximate surface area is 106 Å². The average molecular weight is 279 g/mol. The van der Waals surface area contributed by atoms with Crippen molar-refractivity contribution in [2.24, 2.45) is 0 Å². The highest BCUT2D eigenvalue weighted by molar-refractivity contribution is 5.96. The Balaban J connectivity index is 2.68. The minimum absolute atomic E-state index is 0.0728. The molecule has 0 aliphatic heterocycles. The maximum absolute atomic E-state index is 12.1. The van der Waals surface area contributed by atoms with Gasteiger partial charge in [-0.1, -0.05) is 0 Å². The summed E-state index contributed by atoms with van der Waals surface area (Å²) in [5, 5.41) is 10.7. The highest BCUT2D eigenvalue weighted by atomic mass is 19.4. The van der Waals surface area contributed by atoms with Crippen LogP contribution in [0, 0.1) is 0 Å². The van der Waals surface area contributed by atoms with Crippen LogP contribution in [0.5, 0.6) is 0 Å². The van der Waals surface area contributed by atoms with Crippen molar-refractivity contribution in [1.29, 1.82) is 0 Å². The Kier molecular flexibility index (Phi) is 4.57. The van der Waals surface area contributed by atoms with E-state index in [0.29, 0.717) is 0 Å². The zero-order valence-electron chi connectivity index (χ0n) is 9.95. The molecule has 1 unspecified atom stereocenters. The summed E-state index contributed by atoms with van der Waals surface area (Å²) in [6, 6.07) is 0.105. The van der Waals surface area contributed by atoms with Gasteiger partial charge in [-0.15, -0.1) is 0 Å². The number of carboxylic acids is 1. The van der Waals surface area contributed by atoms with E-state index in [4.69, 9.17) is 9.52 Å². The van der Waals surface area contributed by atoms with Gasteiger partial charge in [0, 0.05) is 6.04 Å². The number of alkyl halides is 3. The highest BCUT2D eigenvalue weighted by Crippen LogP contribution is 2.21.